The number of aliphatic hydroxyl groups excluding tert-OH is 2. The highest BCUT2D eigenvalue weighted by Crippen LogP contribution is 2.18. The summed E-state index contributed by atoms with van der Waals surface area (Å²) in [5, 5.41) is 23.8. The fourth-order valence-corrected chi connectivity index (χ4v) is 8.31. The number of aliphatic hydroxyl groups is 2. The van der Waals surface area contributed by atoms with Gasteiger partial charge in [-0.3, -0.25) is 9.59 Å². The molecule has 62 heavy (non-hydrogen) atoms. The van der Waals surface area contributed by atoms with Gasteiger partial charge in [-0.1, -0.05) is 237 Å². The molecule has 3 unspecified atom stereocenters. The number of carbonyl (C=O) groups is 2. The van der Waals surface area contributed by atoms with E-state index in [4.69, 9.17) is 4.74 Å². The molecule has 3 N–H and O–H groups in total. The molecule has 0 heterocycles. The molecule has 0 radical (unpaired) electrons. The molecule has 6 heteroatoms. The first-order chi connectivity index (χ1) is 30.5. The molecular weight excluding hydrogens is 767 g/mol. The number of esters is 1. The number of carbonyl (C=O) groups excluding carboxylic acids is 2. The molecule has 0 aromatic carbocycles. The Morgan fingerprint density at radius 3 is 1.31 bits per heavy atom. The highest BCUT2D eigenvalue weighted by molar-refractivity contribution is 5.77. The summed E-state index contributed by atoms with van der Waals surface area (Å²) in [5.41, 5.74) is 0. The zero-order valence-corrected chi connectivity index (χ0v) is 41.5. The van der Waals surface area contributed by atoms with Crippen molar-refractivity contribution in [1.82, 2.24) is 5.32 Å². The van der Waals surface area contributed by atoms with E-state index in [1.54, 1.807) is 0 Å². The minimum atomic E-state index is -0.795. The fraction of sp³-hybridized carbons (Fsp3) is 0.857. The lowest BCUT2D eigenvalue weighted by molar-refractivity contribution is -0.151. The second-order valence-electron chi connectivity index (χ2n) is 18.7. The number of rotatable bonds is 49. The van der Waals surface area contributed by atoms with Gasteiger partial charge in [-0.25, -0.2) is 0 Å². The van der Waals surface area contributed by atoms with E-state index in [0.29, 0.717) is 19.3 Å². The molecule has 0 aliphatic rings. The first-order valence-electron chi connectivity index (χ1n) is 27.2. The lowest BCUT2D eigenvalue weighted by atomic mass is 10.0. The third-order valence-electron chi connectivity index (χ3n) is 12.5. The second-order valence-corrected chi connectivity index (χ2v) is 18.7. The number of unbranched alkanes of at least 4 members (excludes halogenated alkanes) is 32. The molecule has 0 spiro atoms. The molecule has 6 nitrogen and oxygen atoms in total. The third kappa shape index (κ3) is 44.7. The molecule has 0 saturated carbocycles. The van der Waals surface area contributed by atoms with Gasteiger partial charge in [0.2, 0.25) is 5.91 Å². The van der Waals surface area contributed by atoms with Crippen LogP contribution in [0.4, 0.5) is 0 Å². The van der Waals surface area contributed by atoms with Gasteiger partial charge in [-0.15, -0.1) is 0 Å². The Morgan fingerprint density at radius 1 is 0.468 bits per heavy atom. The van der Waals surface area contributed by atoms with Gasteiger partial charge in [0.1, 0.15) is 6.10 Å². The highest BCUT2D eigenvalue weighted by atomic mass is 16.5. The molecule has 0 aromatic heterocycles. The molecule has 0 aromatic rings. The maximum Gasteiger partial charge on any atom is 0.306 e. The van der Waals surface area contributed by atoms with Crippen LogP contribution in [0.3, 0.4) is 0 Å². The molecule has 0 rings (SSSR count). The standard InChI is InChI=1S/C56H105NO5/c1-4-7-10-13-16-19-22-25-27-29-30-33-36-39-42-45-48-54(59)53(51-58)57-55(60)50-52(47-44-41-38-35-32-24-21-18-15-12-9-6-3)62-56(61)49-46-43-40-37-34-31-28-26-23-20-17-14-11-8-5-2/h17,20,23,26,35,38,52-54,58-59H,4-16,18-19,21-22,24-25,27-34,36-37,39-51H2,1-3H3,(H,57,60)/b20-17+,26-23+,38-35-. The Morgan fingerprint density at radius 2 is 0.839 bits per heavy atom. The van der Waals surface area contributed by atoms with Crippen molar-refractivity contribution >= 4 is 11.9 Å². The SMILES string of the molecule is CCCCC/C=C/C=C/CCCCCCCCC(=O)OC(CCC/C=C\CCCCCCCCC)CC(=O)NC(CO)C(O)CCCCCCCCCCCCCCCCCC. The highest BCUT2D eigenvalue weighted by Gasteiger charge is 2.24. The summed E-state index contributed by atoms with van der Waals surface area (Å²) in [5.74, 6) is -0.507. The first kappa shape index (κ1) is 60.1. The normalized spacial score (nSPS) is 13.4. The van der Waals surface area contributed by atoms with Crippen molar-refractivity contribution < 1.29 is 24.5 Å². The van der Waals surface area contributed by atoms with Gasteiger partial charge in [0, 0.05) is 6.42 Å². The zero-order valence-electron chi connectivity index (χ0n) is 41.5. The van der Waals surface area contributed by atoms with Crippen molar-refractivity contribution in [3.63, 3.8) is 0 Å². The number of amides is 1. The molecule has 0 aliphatic carbocycles. The minimum Gasteiger partial charge on any atom is -0.462 e. The summed E-state index contributed by atoms with van der Waals surface area (Å²) in [4.78, 5) is 26.2. The van der Waals surface area contributed by atoms with E-state index in [0.717, 1.165) is 64.2 Å². The monoisotopic (exact) mass is 872 g/mol. The van der Waals surface area contributed by atoms with Crippen LogP contribution in [0, 0.1) is 0 Å². The summed E-state index contributed by atoms with van der Waals surface area (Å²) >= 11 is 0. The zero-order chi connectivity index (χ0) is 45.2. The van der Waals surface area contributed by atoms with Crippen LogP contribution in [0.1, 0.15) is 284 Å². The van der Waals surface area contributed by atoms with E-state index >= 15 is 0 Å². The Hall–Kier alpha value is -1.92. The van der Waals surface area contributed by atoms with Crippen LogP contribution in [0.25, 0.3) is 0 Å². The Labute approximate surface area is 385 Å². The lowest BCUT2D eigenvalue weighted by Crippen LogP contribution is -2.46. The summed E-state index contributed by atoms with van der Waals surface area (Å²) in [6.45, 7) is 6.46. The Bertz CT molecular complexity index is 1020. The molecular formula is C56H105NO5. The fourth-order valence-electron chi connectivity index (χ4n) is 8.31. The Kier molecular flexibility index (Phi) is 48.5. The number of hydrogen-bond donors (Lipinski definition) is 3. The molecule has 0 aliphatic heterocycles. The van der Waals surface area contributed by atoms with Gasteiger partial charge in [-0.2, -0.15) is 0 Å². The van der Waals surface area contributed by atoms with Crippen LogP contribution in [0.2, 0.25) is 0 Å². The predicted molar refractivity (Wildman–Crippen MR) is 269 cm³/mol. The van der Waals surface area contributed by atoms with Gasteiger partial charge in [-0.05, 0) is 70.6 Å². The van der Waals surface area contributed by atoms with Crippen LogP contribution < -0.4 is 5.32 Å². The van der Waals surface area contributed by atoms with Crippen LogP contribution in [-0.2, 0) is 14.3 Å². The van der Waals surface area contributed by atoms with Crippen molar-refractivity contribution in [3.05, 3.63) is 36.5 Å². The van der Waals surface area contributed by atoms with Gasteiger partial charge in [0.25, 0.3) is 0 Å². The topological polar surface area (TPSA) is 95.9 Å². The summed E-state index contributed by atoms with van der Waals surface area (Å²) in [6.07, 6.45) is 59.2. The lowest BCUT2D eigenvalue weighted by Gasteiger charge is -2.24. The maximum atomic E-state index is 13.2. The molecule has 0 fully saturated rings. The summed E-state index contributed by atoms with van der Waals surface area (Å²) in [6, 6.07) is -0.710. The third-order valence-corrected chi connectivity index (χ3v) is 12.5. The number of hydrogen-bond acceptors (Lipinski definition) is 5. The molecule has 3 atom stereocenters. The molecule has 0 saturated heterocycles. The van der Waals surface area contributed by atoms with Crippen LogP contribution in [0.15, 0.2) is 36.5 Å². The van der Waals surface area contributed by atoms with Crippen molar-refractivity contribution in [3.8, 4) is 0 Å². The van der Waals surface area contributed by atoms with Crippen molar-refractivity contribution in [1.29, 1.82) is 0 Å². The van der Waals surface area contributed by atoms with Crippen molar-refractivity contribution in [2.75, 3.05) is 6.61 Å². The van der Waals surface area contributed by atoms with Crippen LogP contribution in [0.5, 0.6) is 0 Å². The predicted octanol–water partition coefficient (Wildman–Crippen LogP) is 16.5. The van der Waals surface area contributed by atoms with E-state index in [1.807, 2.05) is 0 Å². The van der Waals surface area contributed by atoms with E-state index in [9.17, 15) is 19.8 Å². The second kappa shape index (κ2) is 50.1. The quantitative estimate of drug-likeness (QED) is 0.0245. The summed E-state index contributed by atoms with van der Waals surface area (Å²) < 4.78 is 5.92. The van der Waals surface area contributed by atoms with Crippen LogP contribution >= 0.6 is 0 Å². The van der Waals surface area contributed by atoms with Gasteiger partial charge in [0.15, 0.2) is 0 Å². The largest absolute Gasteiger partial charge is 0.462 e. The van der Waals surface area contributed by atoms with Gasteiger partial charge < -0.3 is 20.3 Å². The first-order valence-corrected chi connectivity index (χ1v) is 27.2. The van der Waals surface area contributed by atoms with Crippen LogP contribution in [-0.4, -0.2) is 46.9 Å². The van der Waals surface area contributed by atoms with E-state index in [-0.39, 0.29) is 24.9 Å². The average molecular weight is 872 g/mol. The molecule has 364 valence electrons. The van der Waals surface area contributed by atoms with E-state index in [2.05, 4.69) is 62.5 Å². The van der Waals surface area contributed by atoms with Gasteiger partial charge in [0.05, 0.1) is 25.2 Å². The summed E-state index contributed by atoms with van der Waals surface area (Å²) in [7, 11) is 0. The van der Waals surface area contributed by atoms with Crippen molar-refractivity contribution in [2.24, 2.45) is 0 Å². The maximum absolute atomic E-state index is 13.2. The minimum absolute atomic E-state index is 0.0544. The molecule has 1 amide bonds. The van der Waals surface area contributed by atoms with Gasteiger partial charge >= 0.3 is 5.97 Å². The smallest absolute Gasteiger partial charge is 0.306 e. The number of nitrogens with one attached hydrogen (secondary N) is 1. The van der Waals surface area contributed by atoms with Crippen molar-refractivity contribution in [2.45, 2.75) is 302 Å². The van der Waals surface area contributed by atoms with E-state index in [1.165, 1.54) is 173 Å². The number of allylic oxidation sites excluding steroid dienone is 6. The Balaban J connectivity index is 4.54. The average Bonchev–Trinajstić information content (AvgIpc) is 3.26. The molecule has 0 bridgehead atoms. The van der Waals surface area contributed by atoms with E-state index < -0.39 is 18.2 Å². The number of ether oxygens (including phenoxy) is 1.